The predicted octanol–water partition coefficient (Wildman–Crippen LogP) is 3.35. The molecule has 2 N–H and O–H groups in total. The zero-order valence-electron chi connectivity index (χ0n) is 15.4. The zero-order valence-corrected chi connectivity index (χ0v) is 15.4. The lowest BCUT2D eigenvalue weighted by Gasteiger charge is -2.13. The largest absolute Gasteiger partial charge is 0.497 e. The SMILES string of the molecule is CN=C(NCc1ccc(OC(C)C)cc1)NCc1cccc(OC)c1. The second kappa shape index (κ2) is 9.57. The Morgan fingerprint density at radius 3 is 2.24 bits per heavy atom. The maximum atomic E-state index is 5.66. The van der Waals surface area contributed by atoms with Gasteiger partial charge in [-0.2, -0.15) is 0 Å². The number of nitrogens with one attached hydrogen (secondary N) is 2. The second-order valence-corrected chi connectivity index (χ2v) is 5.94. The molecule has 0 saturated carbocycles. The number of ether oxygens (including phenoxy) is 2. The van der Waals surface area contributed by atoms with E-state index >= 15 is 0 Å². The van der Waals surface area contributed by atoms with Crippen molar-refractivity contribution in [3.8, 4) is 11.5 Å². The average Bonchev–Trinajstić information content (AvgIpc) is 2.63. The van der Waals surface area contributed by atoms with Crippen molar-refractivity contribution in [2.45, 2.75) is 33.0 Å². The fourth-order valence-corrected chi connectivity index (χ4v) is 2.33. The van der Waals surface area contributed by atoms with Gasteiger partial charge < -0.3 is 20.1 Å². The van der Waals surface area contributed by atoms with Gasteiger partial charge in [0.25, 0.3) is 0 Å². The van der Waals surface area contributed by atoms with Gasteiger partial charge in [0.15, 0.2) is 5.96 Å². The van der Waals surface area contributed by atoms with Gasteiger partial charge in [-0.25, -0.2) is 0 Å². The minimum atomic E-state index is 0.184. The standard InChI is InChI=1S/C20H27N3O2/c1-15(2)25-18-10-8-16(9-11-18)13-22-20(21-3)23-14-17-6-5-7-19(12-17)24-4/h5-12,15H,13-14H2,1-4H3,(H2,21,22,23). The number of aliphatic imine (C=N–C) groups is 1. The first kappa shape index (κ1) is 18.6. The fourth-order valence-electron chi connectivity index (χ4n) is 2.33. The van der Waals surface area contributed by atoms with Crippen LogP contribution in [0.4, 0.5) is 0 Å². The molecule has 0 bridgehead atoms. The monoisotopic (exact) mass is 341 g/mol. The molecule has 25 heavy (non-hydrogen) atoms. The molecular formula is C20H27N3O2. The Hall–Kier alpha value is -2.69. The van der Waals surface area contributed by atoms with Crippen molar-refractivity contribution in [1.82, 2.24) is 10.6 Å². The smallest absolute Gasteiger partial charge is 0.191 e. The van der Waals surface area contributed by atoms with Crippen molar-refractivity contribution >= 4 is 5.96 Å². The third kappa shape index (κ3) is 6.37. The lowest BCUT2D eigenvalue weighted by molar-refractivity contribution is 0.242. The number of guanidine groups is 1. The van der Waals surface area contributed by atoms with Crippen LogP contribution < -0.4 is 20.1 Å². The summed E-state index contributed by atoms with van der Waals surface area (Å²) < 4.78 is 10.9. The van der Waals surface area contributed by atoms with Gasteiger partial charge in [-0.15, -0.1) is 0 Å². The van der Waals surface area contributed by atoms with E-state index in [2.05, 4.69) is 33.8 Å². The van der Waals surface area contributed by atoms with E-state index in [4.69, 9.17) is 9.47 Å². The van der Waals surface area contributed by atoms with Crippen LogP contribution in [0.25, 0.3) is 0 Å². The molecule has 0 saturated heterocycles. The van der Waals surface area contributed by atoms with Crippen LogP contribution in [-0.4, -0.2) is 26.2 Å². The molecule has 0 heterocycles. The summed E-state index contributed by atoms with van der Waals surface area (Å²) >= 11 is 0. The quantitative estimate of drug-likeness (QED) is 0.599. The summed E-state index contributed by atoms with van der Waals surface area (Å²) in [7, 11) is 3.44. The first-order valence-electron chi connectivity index (χ1n) is 8.43. The van der Waals surface area contributed by atoms with Gasteiger partial charge in [0.1, 0.15) is 11.5 Å². The van der Waals surface area contributed by atoms with Gasteiger partial charge >= 0.3 is 0 Å². The molecule has 2 rings (SSSR count). The Balaban J connectivity index is 1.83. The van der Waals surface area contributed by atoms with Gasteiger partial charge in [-0.1, -0.05) is 24.3 Å². The van der Waals surface area contributed by atoms with Crippen molar-refractivity contribution in [2.75, 3.05) is 14.2 Å². The van der Waals surface area contributed by atoms with E-state index in [9.17, 15) is 0 Å². The third-order valence-electron chi connectivity index (χ3n) is 3.57. The topological polar surface area (TPSA) is 54.9 Å². The third-order valence-corrected chi connectivity index (χ3v) is 3.57. The summed E-state index contributed by atoms with van der Waals surface area (Å²) in [6.45, 7) is 5.42. The highest BCUT2D eigenvalue weighted by molar-refractivity contribution is 5.79. The van der Waals surface area contributed by atoms with Gasteiger partial charge in [0.2, 0.25) is 0 Å². The highest BCUT2D eigenvalue weighted by Gasteiger charge is 2.02. The Labute approximate surface area is 150 Å². The number of hydrogen-bond acceptors (Lipinski definition) is 3. The molecule has 2 aromatic rings. The first-order valence-corrected chi connectivity index (χ1v) is 8.43. The Morgan fingerprint density at radius 1 is 0.960 bits per heavy atom. The average molecular weight is 341 g/mol. The molecule has 5 heteroatoms. The number of hydrogen-bond donors (Lipinski definition) is 2. The molecule has 0 aliphatic carbocycles. The summed E-state index contributed by atoms with van der Waals surface area (Å²) in [4.78, 5) is 4.26. The molecule has 0 aliphatic rings. The second-order valence-electron chi connectivity index (χ2n) is 5.94. The molecule has 0 aliphatic heterocycles. The van der Waals surface area contributed by atoms with Crippen LogP contribution in [0.15, 0.2) is 53.5 Å². The lowest BCUT2D eigenvalue weighted by atomic mass is 10.2. The molecular weight excluding hydrogens is 314 g/mol. The normalized spacial score (nSPS) is 11.3. The van der Waals surface area contributed by atoms with Crippen LogP contribution in [0.1, 0.15) is 25.0 Å². The van der Waals surface area contributed by atoms with Crippen LogP contribution >= 0.6 is 0 Å². The van der Waals surface area contributed by atoms with Crippen molar-refractivity contribution < 1.29 is 9.47 Å². The highest BCUT2D eigenvalue weighted by Crippen LogP contribution is 2.14. The van der Waals surface area contributed by atoms with E-state index in [0.717, 1.165) is 23.0 Å². The van der Waals surface area contributed by atoms with E-state index in [0.29, 0.717) is 13.1 Å². The van der Waals surface area contributed by atoms with Crippen molar-refractivity contribution in [3.63, 3.8) is 0 Å². The number of rotatable bonds is 7. The molecule has 0 amide bonds. The predicted molar refractivity (Wildman–Crippen MR) is 102 cm³/mol. The van der Waals surface area contributed by atoms with Crippen molar-refractivity contribution in [1.29, 1.82) is 0 Å². The van der Waals surface area contributed by atoms with Crippen molar-refractivity contribution in [3.05, 3.63) is 59.7 Å². The molecule has 2 aromatic carbocycles. The summed E-state index contributed by atoms with van der Waals surface area (Å²) in [5, 5.41) is 6.62. The Kier molecular flexibility index (Phi) is 7.14. The summed E-state index contributed by atoms with van der Waals surface area (Å²) in [5.74, 6) is 2.50. The van der Waals surface area contributed by atoms with E-state index in [-0.39, 0.29) is 6.10 Å². The van der Waals surface area contributed by atoms with Crippen LogP contribution in [0.5, 0.6) is 11.5 Å². The van der Waals surface area contributed by atoms with Crippen LogP contribution in [-0.2, 0) is 13.1 Å². The van der Waals surface area contributed by atoms with E-state index in [1.807, 2.05) is 44.2 Å². The zero-order chi connectivity index (χ0) is 18.1. The molecule has 0 spiro atoms. The summed E-state index contributed by atoms with van der Waals surface area (Å²) in [6, 6.07) is 16.1. The maximum absolute atomic E-state index is 5.66. The summed E-state index contributed by atoms with van der Waals surface area (Å²) in [6.07, 6.45) is 0.184. The highest BCUT2D eigenvalue weighted by atomic mass is 16.5. The van der Waals surface area contributed by atoms with Crippen LogP contribution in [0.2, 0.25) is 0 Å². The Morgan fingerprint density at radius 2 is 1.64 bits per heavy atom. The Bertz CT molecular complexity index is 682. The van der Waals surface area contributed by atoms with E-state index in [1.165, 1.54) is 5.56 Å². The molecule has 0 aromatic heterocycles. The van der Waals surface area contributed by atoms with Crippen LogP contribution in [0, 0.1) is 0 Å². The van der Waals surface area contributed by atoms with Gasteiger partial charge in [-0.05, 0) is 49.2 Å². The van der Waals surface area contributed by atoms with Gasteiger partial charge in [0.05, 0.1) is 13.2 Å². The van der Waals surface area contributed by atoms with Crippen molar-refractivity contribution in [2.24, 2.45) is 4.99 Å². The molecule has 0 radical (unpaired) electrons. The lowest BCUT2D eigenvalue weighted by Crippen LogP contribution is -2.36. The van der Waals surface area contributed by atoms with Gasteiger partial charge in [0, 0.05) is 20.1 Å². The molecule has 5 nitrogen and oxygen atoms in total. The molecule has 0 fully saturated rings. The summed E-state index contributed by atoms with van der Waals surface area (Å²) in [5.41, 5.74) is 2.30. The van der Waals surface area contributed by atoms with E-state index < -0.39 is 0 Å². The minimum Gasteiger partial charge on any atom is -0.497 e. The van der Waals surface area contributed by atoms with Crippen LogP contribution in [0.3, 0.4) is 0 Å². The number of benzene rings is 2. The fraction of sp³-hybridized carbons (Fsp3) is 0.350. The van der Waals surface area contributed by atoms with Gasteiger partial charge in [-0.3, -0.25) is 4.99 Å². The van der Waals surface area contributed by atoms with E-state index in [1.54, 1.807) is 14.2 Å². The molecule has 0 atom stereocenters. The number of nitrogens with zero attached hydrogens (tertiary/aromatic N) is 1. The minimum absolute atomic E-state index is 0.184. The first-order chi connectivity index (χ1) is 12.1. The number of methoxy groups -OCH3 is 1. The molecule has 0 unspecified atom stereocenters. The molecule has 134 valence electrons. The maximum Gasteiger partial charge on any atom is 0.191 e.